The average molecular weight is 322 g/mol. The predicted molar refractivity (Wildman–Crippen MR) is 109 cm³/mol. The van der Waals surface area contributed by atoms with Crippen molar-refractivity contribution >= 4 is 10.8 Å². The molecule has 122 valence electrons. The first kappa shape index (κ1) is 15.7. The highest BCUT2D eigenvalue weighted by Crippen LogP contribution is 2.28. The maximum absolute atomic E-state index is 2.31. The van der Waals surface area contributed by atoms with Crippen molar-refractivity contribution < 1.29 is 0 Å². The number of hydrogen-bond donors (Lipinski definition) is 0. The summed E-state index contributed by atoms with van der Waals surface area (Å²) >= 11 is 0. The Morgan fingerprint density at radius 1 is 0.480 bits per heavy atom. The third-order valence-corrected chi connectivity index (χ3v) is 4.86. The Labute approximate surface area is 149 Å². The van der Waals surface area contributed by atoms with Gasteiger partial charge in [-0.1, -0.05) is 98.8 Å². The highest BCUT2D eigenvalue weighted by atomic mass is 14.1. The van der Waals surface area contributed by atoms with Crippen molar-refractivity contribution in [1.82, 2.24) is 0 Å². The molecule has 0 amide bonds. The van der Waals surface area contributed by atoms with Crippen LogP contribution >= 0.6 is 0 Å². The Kier molecular flexibility index (Phi) is 4.11. The van der Waals surface area contributed by atoms with E-state index < -0.39 is 0 Å². The minimum absolute atomic E-state index is 0.564. The summed E-state index contributed by atoms with van der Waals surface area (Å²) in [7, 11) is 0. The van der Waals surface area contributed by atoms with E-state index in [4.69, 9.17) is 0 Å². The third-order valence-electron chi connectivity index (χ3n) is 4.86. The standard InChI is InChI=1S/C25H22/c1-18(2)22-12-13-25-17-23(14-15-24(25)16-22)21-10-8-20(9-11-21)19-6-4-3-5-7-19/h3-18H,1-2H3. The zero-order valence-electron chi connectivity index (χ0n) is 14.7. The normalized spacial score (nSPS) is 11.2. The number of benzene rings is 4. The van der Waals surface area contributed by atoms with E-state index >= 15 is 0 Å². The van der Waals surface area contributed by atoms with Gasteiger partial charge in [-0.05, 0) is 50.6 Å². The first-order valence-corrected chi connectivity index (χ1v) is 8.90. The monoisotopic (exact) mass is 322 g/mol. The van der Waals surface area contributed by atoms with Crippen LogP contribution in [0.2, 0.25) is 0 Å². The van der Waals surface area contributed by atoms with Crippen molar-refractivity contribution in [1.29, 1.82) is 0 Å². The highest BCUT2D eigenvalue weighted by molar-refractivity contribution is 5.88. The lowest BCUT2D eigenvalue weighted by atomic mass is 9.96. The molecular formula is C25H22. The topological polar surface area (TPSA) is 0 Å². The summed E-state index contributed by atoms with van der Waals surface area (Å²) in [6, 6.07) is 32.9. The van der Waals surface area contributed by atoms with Gasteiger partial charge in [0.05, 0.1) is 0 Å². The fourth-order valence-corrected chi connectivity index (χ4v) is 3.29. The van der Waals surface area contributed by atoms with Gasteiger partial charge < -0.3 is 0 Å². The quantitative estimate of drug-likeness (QED) is 0.371. The molecule has 0 aliphatic rings. The zero-order valence-corrected chi connectivity index (χ0v) is 14.7. The van der Waals surface area contributed by atoms with E-state index in [-0.39, 0.29) is 0 Å². The van der Waals surface area contributed by atoms with E-state index in [1.54, 1.807) is 0 Å². The Morgan fingerprint density at radius 2 is 1.00 bits per heavy atom. The van der Waals surface area contributed by atoms with Gasteiger partial charge in [0.2, 0.25) is 0 Å². The van der Waals surface area contributed by atoms with Crippen molar-refractivity contribution in [2.24, 2.45) is 0 Å². The second-order valence-corrected chi connectivity index (χ2v) is 6.92. The summed E-state index contributed by atoms with van der Waals surface area (Å²) in [5.41, 5.74) is 6.44. The lowest BCUT2D eigenvalue weighted by molar-refractivity contribution is 0.869. The van der Waals surface area contributed by atoms with Crippen LogP contribution in [-0.4, -0.2) is 0 Å². The summed E-state index contributed by atoms with van der Waals surface area (Å²) in [6.07, 6.45) is 0. The molecule has 0 saturated heterocycles. The molecule has 4 aromatic rings. The number of rotatable bonds is 3. The van der Waals surface area contributed by atoms with Gasteiger partial charge in [-0.2, -0.15) is 0 Å². The molecule has 25 heavy (non-hydrogen) atoms. The molecule has 0 bridgehead atoms. The van der Waals surface area contributed by atoms with Crippen LogP contribution in [0.3, 0.4) is 0 Å². The molecule has 4 aromatic carbocycles. The maximum Gasteiger partial charge on any atom is -0.0178 e. The molecule has 0 aliphatic carbocycles. The molecule has 0 fully saturated rings. The van der Waals surface area contributed by atoms with Crippen LogP contribution in [0.15, 0.2) is 91.0 Å². The van der Waals surface area contributed by atoms with Crippen molar-refractivity contribution in [2.75, 3.05) is 0 Å². The van der Waals surface area contributed by atoms with Gasteiger partial charge in [0.25, 0.3) is 0 Å². The Hall–Kier alpha value is -2.86. The molecule has 0 aromatic heterocycles. The van der Waals surface area contributed by atoms with Crippen LogP contribution in [0.5, 0.6) is 0 Å². The fourth-order valence-electron chi connectivity index (χ4n) is 3.29. The summed E-state index contributed by atoms with van der Waals surface area (Å²) < 4.78 is 0. The van der Waals surface area contributed by atoms with Gasteiger partial charge in [-0.15, -0.1) is 0 Å². The van der Waals surface area contributed by atoms with E-state index in [1.807, 2.05) is 0 Å². The summed E-state index contributed by atoms with van der Waals surface area (Å²) in [5.74, 6) is 0.564. The molecule has 0 heteroatoms. The SMILES string of the molecule is CC(C)c1ccc2cc(-c3ccc(-c4ccccc4)cc3)ccc2c1. The molecular weight excluding hydrogens is 300 g/mol. The first-order valence-electron chi connectivity index (χ1n) is 8.90. The Balaban J connectivity index is 1.68. The molecule has 0 spiro atoms. The molecule has 0 N–H and O–H groups in total. The van der Waals surface area contributed by atoms with Crippen LogP contribution in [0.25, 0.3) is 33.0 Å². The van der Waals surface area contributed by atoms with Crippen molar-refractivity contribution in [2.45, 2.75) is 19.8 Å². The average Bonchev–Trinajstić information content (AvgIpc) is 2.68. The van der Waals surface area contributed by atoms with Crippen LogP contribution in [0.4, 0.5) is 0 Å². The van der Waals surface area contributed by atoms with E-state index in [0.717, 1.165) is 0 Å². The summed E-state index contributed by atoms with van der Waals surface area (Å²) in [6.45, 7) is 4.48. The number of hydrogen-bond acceptors (Lipinski definition) is 0. The lowest BCUT2D eigenvalue weighted by Crippen LogP contribution is -1.87. The minimum atomic E-state index is 0.564. The van der Waals surface area contributed by atoms with E-state index in [2.05, 4.69) is 105 Å². The zero-order chi connectivity index (χ0) is 17.2. The van der Waals surface area contributed by atoms with Crippen molar-refractivity contribution in [3.8, 4) is 22.3 Å². The molecule has 0 unspecified atom stereocenters. The predicted octanol–water partition coefficient (Wildman–Crippen LogP) is 7.30. The molecule has 0 aliphatic heterocycles. The van der Waals surface area contributed by atoms with Gasteiger partial charge in [-0.25, -0.2) is 0 Å². The van der Waals surface area contributed by atoms with Crippen molar-refractivity contribution in [3.63, 3.8) is 0 Å². The van der Waals surface area contributed by atoms with Gasteiger partial charge in [-0.3, -0.25) is 0 Å². The van der Waals surface area contributed by atoms with Gasteiger partial charge in [0, 0.05) is 0 Å². The van der Waals surface area contributed by atoms with E-state index in [1.165, 1.54) is 38.6 Å². The number of fused-ring (bicyclic) bond motifs is 1. The molecule has 0 atom stereocenters. The summed E-state index contributed by atoms with van der Waals surface area (Å²) in [4.78, 5) is 0. The largest absolute Gasteiger partial charge is 0.0622 e. The van der Waals surface area contributed by atoms with Crippen LogP contribution in [-0.2, 0) is 0 Å². The van der Waals surface area contributed by atoms with Gasteiger partial charge in [0.15, 0.2) is 0 Å². The Morgan fingerprint density at radius 3 is 1.68 bits per heavy atom. The third kappa shape index (κ3) is 3.21. The minimum Gasteiger partial charge on any atom is -0.0622 e. The molecule has 0 heterocycles. The fraction of sp³-hybridized carbons (Fsp3) is 0.120. The van der Waals surface area contributed by atoms with Crippen LogP contribution < -0.4 is 0 Å². The van der Waals surface area contributed by atoms with E-state index in [0.29, 0.717) is 5.92 Å². The lowest BCUT2D eigenvalue weighted by Gasteiger charge is -2.09. The van der Waals surface area contributed by atoms with Gasteiger partial charge >= 0.3 is 0 Å². The highest BCUT2D eigenvalue weighted by Gasteiger charge is 2.04. The Bertz CT molecular complexity index is 993. The summed E-state index contributed by atoms with van der Waals surface area (Å²) in [5, 5.41) is 2.62. The van der Waals surface area contributed by atoms with E-state index in [9.17, 15) is 0 Å². The van der Waals surface area contributed by atoms with Crippen LogP contribution in [0, 0.1) is 0 Å². The van der Waals surface area contributed by atoms with Gasteiger partial charge in [0.1, 0.15) is 0 Å². The smallest absolute Gasteiger partial charge is 0.0178 e. The van der Waals surface area contributed by atoms with Crippen molar-refractivity contribution in [3.05, 3.63) is 96.6 Å². The molecule has 4 rings (SSSR count). The first-order chi connectivity index (χ1) is 12.2. The molecule has 0 saturated carbocycles. The second kappa shape index (κ2) is 6.57. The molecule has 0 radical (unpaired) electrons. The second-order valence-electron chi connectivity index (χ2n) is 6.92. The van der Waals surface area contributed by atoms with Crippen LogP contribution in [0.1, 0.15) is 25.3 Å². The molecule has 0 nitrogen and oxygen atoms in total. The maximum atomic E-state index is 2.31.